The van der Waals surface area contributed by atoms with Gasteiger partial charge in [0.15, 0.2) is 9.84 Å². The van der Waals surface area contributed by atoms with E-state index in [2.05, 4.69) is 6.92 Å². The zero-order valence-electron chi connectivity index (χ0n) is 14.9. The first-order valence-corrected chi connectivity index (χ1v) is 10.7. The number of unbranched alkanes of at least 4 members (excludes halogenated alkanes) is 4. The molecule has 0 bridgehead atoms. The summed E-state index contributed by atoms with van der Waals surface area (Å²) >= 11 is 0.508. The van der Waals surface area contributed by atoms with Gasteiger partial charge in [-0.1, -0.05) is 44.4 Å². The number of thioether (sulfide) groups is 1. The van der Waals surface area contributed by atoms with Crippen molar-refractivity contribution in [2.45, 2.75) is 86.0 Å². The van der Waals surface area contributed by atoms with E-state index in [0.717, 1.165) is 25.7 Å². The Morgan fingerprint density at radius 2 is 1.50 bits per heavy atom. The van der Waals surface area contributed by atoms with Gasteiger partial charge in [0, 0.05) is 11.3 Å². The largest absolute Gasteiger partial charge is 0.298 e. The van der Waals surface area contributed by atoms with Gasteiger partial charge in [-0.3, -0.25) is 0 Å². The van der Waals surface area contributed by atoms with Gasteiger partial charge in [-0.15, -0.1) is 0 Å². The highest BCUT2D eigenvalue weighted by Gasteiger charge is 2.32. The predicted molar refractivity (Wildman–Crippen MR) is 97.6 cm³/mol. The average Bonchev–Trinajstić information content (AvgIpc) is 2.46. The molecule has 1 aromatic carbocycles. The van der Waals surface area contributed by atoms with Crippen LogP contribution in [0.4, 0.5) is 8.78 Å². The number of sulfone groups is 1. The zero-order valence-corrected chi connectivity index (χ0v) is 16.6. The Bertz CT molecular complexity index is 603. The Labute approximate surface area is 149 Å². The van der Waals surface area contributed by atoms with Gasteiger partial charge >= 0.3 is 0 Å². The van der Waals surface area contributed by atoms with Crippen molar-refractivity contribution in [1.29, 1.82) is 0 Å². The molecule has 0 radical (unpaired) electrons. The fraction of sp³-hybridized carbons (Fsp3) is 0.667. The summed E-state index contributed by atoms with van der Waals surface area (Å²) in [4.78, 5) is 0.559. The molecule has 0 unspecified atom stereocenters. The lowest BCUT2D eigenvalue weighted by Crippen LogP contribution is -2.27. The molecule has 2 nitrogen and oxygen atoms in total. The van der Waals surface area contributed by atoms with Crippen molar-refractivity contribution in [1.82, 2.24) is 0 Å². The fourth-order valence-corrected chi connectivity index (χ4v) is 4.26. The second-order valence-corrected chi connectivity index (χ2v) is 11.0. The summed E-state index contributed by atoms with van der Waals surface area (Å²) in [6, 6.07) is 5.77. The standard InChI is InChI=1S/C18H28F2O2S2/c1-5-6-7-8-9-14-18(19,20)23-15-10-12-16(13-11-15)24(21,22)17(2,3)4/h10-13H,5-9,14H2,1-4H3. The van der Waals surface area contributed by atoms with Gasteiger partial charge in [-0.2, -0.15) is 8.78 Å². The predicted octanol–water partition coefficient (Wildman–Crippen LogP) is 6.30. The van der Waals surface area contributed by atoms with Crippen molar-refractivity contribution in [3.8, 4) is 0 Å². The van der Waals surface area contributed by atoms with Gasteiger partial charge < -0.3 is 0 Å². The number of alkyl halides is 2. The van der Waals surface area contributed by atoms with E-state index in [4.69, 9.17) is 0 Å². The van der Waals surface area contributed by atoms with Crippen LogP contribution in [0.5, 0.6) is 0 Å². The molecule has 0 spiro atoms. The molecule has 1 rings (SSSR count). The van der Waals surface area contributed by atoms with E-state index in [0.29, 0.717) is 23.1 Å². The molecule has 0 amide bonds. The Kier molecular flexibility index (Phi) is 7.73. The summed E-state index contributed by atoms with van der Waals surface area (Å²) in [5.41, 5.74) is 0. The summed E-state index contributed by atoms with van der Waals surface area (Å²) in [5.74, 6) is 0. The van der Waals surface area contributed by atoms with Crippen LogP contribution in [-0.2, 0) is 9.84 Å². The molecule has 0 saturated carbocycles. The molecule has 0 N–H and O–H groups in total. The van der Waals surface area contributed by atoms with Crippen molar-refractivity contribution in [3.05, 3.63) is 24.3 Å². The molecule has 0 saturated heterocycles. The van der Waals surface area contributed by atoms with E-state index < -0.39 is 19.8 Å². The normalized spacial score (nSPS) is 13.2. The lowest BCUT2D eigenvalue weighted by Gasteiger charge is -2.20. The average molecular weight is 379 g/mol. The summed E-state index contributed by atoms with van der Waals surface area (Å²) in [6.45, 7) is 6.96. The molecular formula is C18H28F2O2S2. The Hall–Kier alpha value is -0.620. The Balaban J connectivity index is 2.66. The van der Waals surface area contributed by atoms with Crippen molar-refractivity contribution < 1.29 is 17.2 Å². The number of halogens is 2. The number of benzene rings is 1. The molecule has 0 aromatic heterocycles. The van der Waals surface area contributed by atoms with Crippen molar-refractivity contribution in [3.63, 3.8) is 0 Å². The fourth-order valence-electron chi connectivity index (χ4n) is 2.20. The van der Waals surface area contributed by atoms with Crippen LogP contribution in [0.15, 0.2) is 34.1 Å². The second kappa shape index (κ2) is 8.65. The number of hydrogen-bond donors (Lipinski definition) is 0. The molecular weight excluding hydrogens is 350 g/mol. The molecule has 0 atom stereocenters. The van der Waals surface area contributed by atoms with Crippen LogP contribution in [0.3, 0.4) is 0 Å². The highest BCUT2D eigenvalue weighted by Crippen LogP contribution is 2.40. The maximum atomic E-state index is 14.0. The molecule has 0 aliphatic carbocycles. The molecule has 0 aliphatic rings. The van der Waals surface area contributed by atoms with E-state index in [-0.39, 0.29) is 11.3 Å². The minimum Gasteiger partial charge on any atom is -0.223 e. The van der Waals surface area contributed by atoms with E-state index in [9.17, 15) is 17.2 Å². The van der Waals surface area contributed by atoms with Crippen LogP contribution in [0.25, 0.3) is 0 Å². The quantitative estimate of drug-likeness (QED) is 0.373. The molecule has 0 heterocycles. The smallest absolute Gasteiger partial charge is 0.223 e. The van der Waals surface area contributed by atoms with Crippen LogP contribution in [0.2, 0.25) is 0 Å². The topological polar surface area (TPSA) is 34.1 Å². The van der Waals surface area contributed by atoms with Crippen molar-refractivity contribution in [2.75, 3.05) is 0 Å². The first-order valence-electron chi connectivity index (χ1n) is 8.41. The first-order chi connectivity index (χ1) is 11.0. The SMILES string of the molecule is CCCCCCCC(F)(F)Sc1ccc(S(=O)(=O)C(C)(C)C)cc1. The van der Waals surface area contributed by atoms with Gasteiger partial charge in [0.05, 0.1) is 9.64 Å². The lowest BCUT2D eigenvalue weighted by molar-refractivity contribution is 0.0921. The van der Waals surface area contributed by atoms with Gasteiger partial charge in [0.25, 0.3) is 5.25 Å². The summed E-state index contributed by atoms with van der Waals surface area (Å²) in [5, 5.41) is -2.82. The third kappa shape index (κ3) is 6.36. The summed E-state index contributed by atoms with van der Waals surface area (Å²) in [6.07, 6.45) is 4.36. The third-order valence-electron chi connectivity index (χ3n) is 3.78. The van der Waals surface area contributed by atoms with Gasteiger partial charge in [0.1, 0.15) is 0 Å². The minimum atomic E-state index is -3.46. The zero-order chi connectivity index (χ0) is 18.4. The van der Waals surface area contributed by atoms with Crippen molar-refractivity contribution >= 4 is 21.6 Å². The highest BCUT2D eigenvalue weighted by atomic mass is 32.2. The first kappa shape index (κ1) is 21.4. The molecule has 6 heteroatoms. The maximum absolute atomic E-state index is 14.0. The van der Waals surface area contributed by atoms with Crippen LogP contribution in [0, 0.1) is 0 Å². The maximum Gasteiger partial charge on any atom is 0.298 e. The minimum absolute atomic E-state index is 0.149. The molecule has 24 heavy (non-hydrogen) atoms. The lowest BCUT2D eigenvalue weighted by atomic mass is 10.1. The van der Waals surface area contributed by atoms with Gasteiger partial charge in [-0.25, -0.2) is 8.42 Å². The van der Waals surface area contributed by atoms with Crippen molar-refractivity contribution in [2.24, 2.45) is 0 Å². The molecule has 1 aromatic rings. The van der Waals surface area contributed by atoms with E-state index in [1.807, 2.05) is 0 Å². The van der Waals surface area contributed by atoms with E-state index in [1.165, 1.54) is 24.3 Å². The number of hydrogen-bond acceptors (Lipinski definition) is 3. The second-order valence-electron chi connectivity index (χ2n) is 6.99. The summed E-state index contributed by atoms with van der Waals surface area (Å²) < 4.78 is 51.7. The van der Waals surface area contributed by atoms with E-state index >= 15 is 0 Å². The van der Waals surface area contributed by atoms with Crippen LogP contribution >= 0.6 is 11.8 Å². The third-order valence-corrected chi connectivity index (χ3v) is 7.29. The number of rotatable bonds is 9. The van der Waals surface area contributed by atoms with E-state index in [1.54, 1.807) is 20.8 Å². The Morgan fingerprint density at radius 1 is 0.958 bits per heavy atom. The van der Waals surface area contributed by atoms with Crippen LogP contribution in [0.1, 0.15) is 66.2 Å². The molecule has 138 valence electrons. The summed E-state index contributed by atoms with van der Waals surface area (Å²) in [7, 11) is -3.46. The molecule has 0 aliphatic heterocycles. The van der Waals surface area contributed by atoms with Crippen LogP contribution < -0.4 is 0 Å². The van der Waals surface area contributed by atoms with Gasteiger partial charge in [-0.05, 0) is 51.5 Å². The van der Waals surface area contributed by atoms with Gasteiger partial charge in [0.2, 0.25) is 0 Å². The molecule has 0 fully saturated rings. The Morgan fingerprint density at radius 3 is 2.00 bits per heavy atom. The highest BCUT2D eigenvalue weighted by molar-refractivity contribution is 8.00. The van der Waals surface area contributed by atoms with Crippen LogP contribution in [-0.4, -0.2) is 18.4 Å². The monoisotopic (exact) mass is 378 g/mol.